The lowest BCUT2D eigenvalue weighted by atomic mass is 10.1. The SMILES string of the molecule is CC(CNC(=O)[C@@H](N)C(C)C)Oc1ccccc1Br. The van der Waals surface area contributed by atoms with Gasteiger partial charge in [-0.2, -0.15) is 0 Å². The van der Waals surface area contributed by atoms with Crippen molar-refractivity contribution < 1.29 is 9.53 Å². The Labute approximate surface area is 122 Å². The molecule has 0 aliphatic carbocycles. The molecular weight excluding hydrogens is 308 g/mol. The Balaban J connectivity index is 2.42. The third-order valence-corrected chi connectivity index (χ3v) is 3.40. The molecule has 0 fully saturated rings. The summed E-state index contributed by atoms with van der Waals surface area (Å²) in [5, 5.41) is 2.80. The molecule has 1 aromatic rings. The maximum atomic E-state index is 11.7. The van der Waals surface area contributed by atoms with Crippen molar-refractivity contribution in [3.05, 3.63) is 28.7 Å². The average Bonchev–Trinajstić information content (AvgIpc) is 2.37. The summed E-state index contributed by atoms with van der Waals surface area (Å²) >= 11 is 3.41. The van der Waals surface area contributed by atoms with Crippen LogP contribution in [0.15, 0.2) is 28.7 Å². The van der Waals surface area contributed by atoms with E-state index in [1.165, 1.54) is 0 Å². The van der Waals surface area contributed by atoms with Gasteiger partial charge in [0, 0.05) is 0 Å². The first-order chi connectivity index (χ1) is 8.91. The van der Waals surface area contributed by atoms with E-state index < -0.39 is 6.04 Å². The van der Waals surface area contributed by atoms with Crippen molar-refractivity contribution in [3.8, 4) is 5.75 Å². The Kier molecular flexibility index (Phi) is 6.31. The number of rotatable bonds is 6. The van der Waals surface area contributed by atoms with Gasteiger partial charge < -0.3 is 15.8 Å². The molecule has 1 unspecified atom stereocenters. The number of ether oxygens (including phenoxy) is 1. The molecule has 3 N–H and O–H groups in total. The predicted octanol–water partition coefficient (Wildman–Crippen LogP) is 2.32. The minimum Gasteiger partial charge on any atom is -0.488 e. The lowest BCUT2D eigenvalue weighted by Gasteiger charge is -2.19. The molecule has 5 heteroatoms. The van der Waals surface area contributed by atoms with E-state index in [4.69, 9.17) is 10.5 Å². The second-order valence-electron chi connectivity index (χ2n) is 4.87. The third kappa shape index (κ3) is 5.20. The van der Waals surface area contributed by atoms with E-state index in [0.717, 1.165) is 10.2 Å². The maximum Gasteiger partial charge on any atom is 0.237 e. The van der Waals surface area contributed by atoms with Gasteiger partial charge in [-0.15, -0.1) is 0 Å². The van der Waals surface area contributed by atoms with Gasteiger partial charge in [0.05, 0.1) is 17.1 Å². The van der Waals surface area contributed by atoms with Gasteiger partial charge in [0.1, 0.15) is 11.9 Å². The number of nitrogens with one attached hydrogen (secondary N) is 1. The van der Waals surface area contributed by atoms with Crippen molar-refractivity contribution in [2.24, 2.45) is 11.7 Å². The van der Waals surface area contributed by atoms with Crippen LogP contribution in [0.25, 0.3) is 0 Å². The van der Waals surface area contributed by atoms with Crippen LogP contribution in [-0.2, 0) is 4.79 Å². The van der Waals surface area contributed by atoms with Gasteiger partial charge in [-0.05, 0) is 40.9 Å². The summed E-state index contributed by atoms with van der Waals surface area (Å²) in [6.07, 6.45) is -0.123. The van der Waals surface area contributed by atoms with Crippen molar-refractivity contribution in [3.63, 3.8) is 0 Å². The van der Waals surface area contributed by atoms with Crippen molar-refractivity contribution >= 4 is 21.8 Å². The predicted molar refractivity (Wildman–Crippen MR) is 80.1 cm³/mol. The van der Waals surface area contributed by atoms with Gasteiger partial charge in [0.15, 0.2) is 0 Å². The standard InChI is InChI=1S/C14H21BrN2O2/c1-9(2)13(16)14(18)17-8-10(3)19-12-7-5-4-6-11(12)15/h4-7,9-10,13H,8,16H2,1-3H3,(H,17,18)/t10?,13-/m0/s1. The van der Waals surface area contributed by atoms with Crippen LogP contribution in [0, 0.1) is 5.92 Å². The third-order valence-electron chi connectivity index (χ3n) is 2.75. The van der Waals surface area contributed by atoms with Crippen LogP contribution in [0.1, 0.15) is 20.8 Å². The van der Waals surface area contributed by atoms with Crippen LogP contribution in [0.3, 0.4) is 0 Å². The first-order valence-electron chi connectivity index (χ1n) is 6.36. The largest absolute Gasteiger partial charge is 0.488 e. The molecule has 0 saturated carbocycles. The van der Waals surface area contributed by atoms with Crippen LogP contribution in [0.5, 0.6) is 5.75 Å². The van der Waals surface area contributed by atoms with Crippen molar-refractivity contribution in [1.82, 2.24) is 5.32 Å². The van der Waals surface area contributed by atoms with Gasteiger partial charge in [0.2, 0.25) is 5.91 Å². The number of nitrogens with two attached hydrogens (primary N) is 1. The van der Waals surface area contributed by atoms with Crippen LogP contribution >= 0.6 is 15.9 Å². The van der Waals surface area contributed by atoms with Crippen molar-refractivity contribution in [2.45, 2.75) is 32.9 Å². The van der Waals surface area contributed by atoms with E-state index in [9.17, 15) is 4.79 Å². The highest BCUT2D eigenvalue weighted by molar-refractivity contribution is 9.10. The lowest BCUT2D eigenvalue weighted by Crippen LogP contribution is -2.46. The summed E-state index contributed by atoms with van der Waals surface area (Å²) in [7, 11) is 0. The zero-order chi connectivity index (χ0) is 14.4. The molecule has 0 spiro atoms. The monoisotopic (exact) mass is 328 g/mol. The van der Waals surface area contributed by atoms with E-state index in [0.29, 0.717) is 6.54 Å². The molecule has 1 rings (SSSR count). The molecule has 2 atom stereocenters. The number of para-hydroxylation sites is 1. The summed E-state index contributed by atoms with van der Waals surface area (Å²) in [5.41, 5.74) is 5.76. The number of benzene rings is 1. The van der Waals surface area contributed by atoms with Gasteiger partial charge in [-0.1, -0.05) is 26.0 Å². The molecule has 1 amide bonds. The molecule has 0 aromatic heterocycles. The molecule has 0 saturated heterocycles. The summed E-state index contributed by atoms with van der Waals surface area (Å²) in [5.74, 6) is 0.745. The quantitative estimate of drug-likeness (QED) is 0.842. The molecule has 106 valence electrons. The van der Waals surface area contributed by atoms with E-state index in [1.807, 2.05) is 45.0 Å². The average molecular weight is 329 g/mol. The zero-order valence-corrected chi connectivity index (χ0v) is 13.1. The normalized spacial score (nSPS) is 14.0. The van der Waals surface area contributed by atoms with Gasteiger partial charge in [0.25, 0.3) is 0 Å². The van der Waals surface area contributed by atoms with Gasteiger partial charge in [-0.25, -0.2) is 0 Å². The van der Waals surface area contributed by atoms with E-state index >= 15 is 0 Å². The van der Waals surface area contributed by atoms with E-state index in [1.54, 1.807) is 0 Å². The molecule has 0 bridgehead atoms. The first kappa shape index (κ1) is 16.0. The smallest absolute Gasteiger partial charge is 0.237 e. The highest BCUT2D eigenvalue weighted by Crippen LogP contribution is 2.24. The second kappa shape index (κ2) is 7.50. The van der Waals surface area contributed by atoms with Crippen LogP contribution in [-0.4, -0.2) is 24.6 Å². The molecule has 0 heterocycles. The number of carbonyl (C=O) groups excluding carboxylic acids is 1. The molecule has 4 nitrogen and oxygen atoms in total. The van der Waals surface area contributed by atoms with E-state index in [2.05, 4.69) is 21.2 Å². The number of carbonyl (C=O) groups is 1. The van der Waals surface area contributed by atoms with Crippen LogP contribution < -0.4 is 15.8 Å². The highest BCUT2D eigenvalue weighted by Gasteiger charge is 2.17. The summed E-state index contributed by atoms with van der Waals surface area (Å²) in [4.78, 5) is 11.7. The molecule has 0 aliphatic heterocycles. The number of halogens is 1. The summed E-state index contributed by atoms with van der Waals surface area (Å²) in [6, 6.07) is 7.14. The first-order valence-corrected chi connectivity index (χ1v) is 7.15. The minimum absolute atomic E-state index is 0.123. The Morgan fingerprint density at radius 2 is 2.00 bits per heavy atom. The Bertz CT molecular complexity index is 424. The Morgan fingerprint density at radius 1 is 1.37 bits per heavy atom. The fourth-order valence-electron chi connectivity index (χ4n) is 1.46. The van der Waals surface area contributed by atoms with E-state index in [-0.39, 0.29) is 17.9 Å². The molecule has 19 heavy (non-hydrogen) atoms. The minimum atomic E-state index is -0.476. The fraction of sp³-hybridized carbons (Fsp3) is 0.500. The lowest BCUT2D eigenvalue weighted by molar-refractivity contribution is -0.123. The van der Waals surface area contributed by atoms with Gasteiger partial charge >= 0.3 is 0 Å². The molecule has 0 aliphatic rings. The Morgan fingerprint density at radius 3 is 2.58 bits per heavy atom. The summed E-state index contributed by atoms with van der Waals surface area (Å²) < 4.78 is 6.63. The number of amides is 1. The fourth-order valence-corrected chi connectivity index (χ4v) is 1.84. The van der Waals surface area contributed by atoms with Crippen molar-refractivity contribution in [1.29, 1.82) is 0 Å². The topological polar surface area (TPSA) is 64.4 Å². The van der Waals surface area contributed by atoms with Crippen molar-refractivity contribution in [2.75, 3.05) is 6.54 Å². The maximum absolute atomic E-state index is 11.7. The van der Waals surface area contributed by atoms with Gasteiger partial charge in [-0.3, -0.25) is 4.79 Å². The second-order valence-corrected chi connectivity index (χ2v) is 5.73. The molecular formula is C14H21BrN2O2. The van der Waals surface area contributed by atoms with Crippen LogP contribution in [0.4, 0.5) is 0 Å². The van der Waals surface area contributed by atoms with Crippen LogP contribution in [0.2, 0.25) is 0 Å². The zero-order valence-electron chi connectivity index (χ0n) is 11.5. The Hall–Kier alpha value is -1.07. The summed E-state index contributed by atoms with van der Waals surface area (Å²) in [6.45, 7) is 6.18. The number of hydrogen-bond donors (Lipinski definition) is 2. The molecule has 0 radical (unpaired) electrons. The molecule has 1 aromatic carbocycles. The number of hydrogen-bond acceptors (Lipinski definition) is 3. The highest BCUT2D eigenvalue weighted by atomic mass is 79.9.